The summed E-state index contributed by atoms with van der Waals surface area (Å²) in [7, 11) is 0. The van der Waals surface area contributed by atoms with Crippen molar-refractivity contribution in [3.63, 3.8) is 0 Å². The van der Waals surface area contributed by atoms with Gasteiger partial charge in [-0.3, -0.25) is 4.79 Å². The number of fused-ring (bicyclic) bond motifs is 1. The van der Waals surface area contributed by atoms with Crippen LogP contribution >= 0.6 is 11.8 Å². The summed E-state index contributed by atoms with van der Waals surface area (Å²) < 4.78 is 5.37. The summed E-state index contributed by atoms with van der Waals surface area (Å²) in [6.45, 7) is 0.359. The zero-order valence-corrected chi connectivity index (χ0v) is 13.5. The van der Waals surface area contributed by atoms with Gasteiger partial charge in [0.2, 0.25) is 5.91 Å². The second kappa shape index (κ2) is 7.62. The van der Waals surface area contributed by atoms with Crippen LogP contribution in [0.2, 0.25) is 0 Å². The van der Waals surface area contributed by atoms with Crippen LogP contribution in [0.3, 0.4) is 0 Å². The van der Waals surface area contributed by atoms with E-state index in [9.17, 15) is 4.79 Å². The number of para-hydroxylation sites is 1. The highest BCUT2D eigenvalue weighted by Gasteiger charge is 2.12. The lowest BCUT2D eigenvalue weighted by Crippen LogP contribution is -2.25. The highest BCUT2D eigenvalue weighted by atomic mass is 32.2. The number of furan rings is 1. The van der Waals surface area contributed by atoms with Gasteiger partial charge in [0.05, 0.1) is 30.0 Å². The van der Waals surface area contributed by atoms with E-state index in [1.807, 2.05) is 30.3 Å². The second-order valence-corrected chi connectivity index (χ2v) is 5.86. The molecule has 1 N–H and O–H groups in total. The number of carbonyl (C=O) groups is 1. The van der Waals surface area contributed by atoms with Crippen LogP contribution in [0.5, 0.6) is 0 Å². The monoisotopic (exact) mass is 338 g/mol. The van der Waals surface area contributed by atoms with Crippen molar-refractivity contribution in [2.24, 2.45) is 0 Å². The molecule has 0 spiro atoms. The number of nitriles is 1. The van der Waals surface area contributed by atoms with Crippen molar-refractivity contribution < 1.29 is 9.21 Å². The third kappa shape index (κ3) is 3.73. The predicted molar refractivity (Wildman–Crippen MR) is 91.2 cm³/mol. The molecular formula is C17H14N4O2S. The first-order valence-corrected chi connectivity index (χ1v) is 8.33. The summed E-state index contributed by atoms with van der Waals surface area (Å²) in [5.41, 5.74) is 0.797. The summed E-state index contributed by atoms with van der Waals surface area (Å²) in [6.07, 6.45) is 1.87. The first-order valence-electron chi connectivity index (χ1n) is 7.35. The van der Waals surface area contributed by atoms with Crippen LogP contribution in [-0.2, 0) is 4.79 Å². The van der Waals surface area contributed by atoms with Crippen molar-refractivity contribution in [1.29, 1.82) is 5.26 Å². The van der Waals surface area contributed by atoms with Crippen molar-refractivity contribution >= 4 is 28.6 Å². The maximum absolute atomic E-state index is 11.8. The third-order valence-electron chi connectivity index (χ3n) is 3.21. The Kier molecular flexibility index (Phi) is 5.08. The summed E-state index contributed by atoms with van der Waals surface area (Å²) >= 11 is 1.34. The molecule has 2 heterocycles. The molecule has 3 rings (SSSR count). The van der Waals surface area contributed by atoms with Gasteiger partial charge in [-0.2, -0.15) is 5.26 Å². The average Bonchev–Trinajstić information content (AvgIpc) is 3.14. The van der Waals surface area contributed by atoms with Crippen molar-refractivity contribution in [2.45, 2.75) is 11.4 Å². The standard InChI is InChI=1S/C17H14N4O2S/c18-8-4-9-19-15(22)11-24-17-12-5-1-2-6-13(12)20-16(21-17)14-7-3-10-23-14/h1-3,5-7,10H,4,9,11H2,(H,19,22). The fourth-order valence-electron chi connectivity index (χ4n) is 2.12. The number of hydrogen-bond donors (Lipinski definition) is 1. The van der Waals surface area contributed by atoms with Crippen LogP contribution in [0.4, 0.5) is 0 Å². The van der Waals surface area contributed by atoms with E-state index in [4.69, 9.17) is 9.68 Å². The molecule has 0 radical (unpaired) electrons. The maximum Gasteiger partial charge on any atom is 0.230 e. The quantitative estimate of drug-likeness (QED) is 0.422. The first-order chi connectivity index (χ1) is 11.8. The zero-order chi connectivity index (χ0) is 16.8. The molecule has 0 aliphatic carbocycles. The molecule has 7 heteroatoms. The molecule has 1 aromatic carbocycles. The summed E-state index contributed by atoms with van der Waals surface area (Å²) in [5, 5.41) is 12.8. The lowest BCUT2D eigenvalue weighted by atomic mass is 10.2. The van der Waals surface area contributed by atoms with Gasteiger partial charge in [0.15, 0.2) is 11.6 Å². The minimum Gasteiger partial charge on any atom is -0.461 e. The Morgan fingerprint density at radius 3 is 2.92 bits per heavy atom. The molecule has 0 aliphatic rings. The molecule has 120 valence electrons. The molecule has 0 saturated heterocycles. The number of carbonyl (C=O) groups excluding carboxylic acids is 1. The van der Waals surface area contributed by atoms with Gasteiger partial charge in [-0.05, 0) is 18.2 Å². The predicted octanol–water partition coefficient (Wildman–Crippen LogP) is 3.01. The Morgan fingerprint density at radius 2 is 2.12 bits per heavy atom. The van der Waals surface area contributed by atoms with Crippen molar-refractivity contribution in [3.05, 3.63) is 42.7 Å². The topological polar surface area (TPSA) is 91.8 Å². The molecule has 0 aliphatic heterocycles. The van der Waals surface area contributed by atoms with Gasteiger partial charge in [-0.25, -0.2) is 9.97 Å². The van der Waals surface area contributed by atoms with Crippen molar-refractivity contribution in [1.82, 2.24) is 15.3 Å². The fourth-order valence-corrected chi connectivity index (χ4v) is 2.97. The lowest BCUT2D eigenvalue weighted by Gasteiger charge is -2.07. The van der Waals surface area contributed by atoms with E-state index in [-0.39, 0.29) is 11.7 Å². The van der Waals surface area contributed by atoms with Gasteiger partial charge >= 0.3 is 0 Å². The number of amides is 1. The molecule has 0 saturated carbocycles. The number of aromatic nitrogens is 2. The molecule has 2 aromatic heterocycles. The largest absolute Gasteiger partial charge is 0.461 e. The minimum atomic E-state index is -0.127. The van der Waals surface area contributed by atoms with Crippen LogP contribution in [0.1, 0.15) is 6.42 Å². The number of nitrogens with one attached hydrogen (secondary N) is 1. The minimum absolute atomic E-state index is 0.127. The molecule has 6 nitrogen and oxygen atoms in total. The first kappa shape index (κ1) is 16.0. The normalized spacial score (nSPS) is 10.5. The van der Waals surface area contributed by atoms with Crippen LogP contribution in [0, 0.1) is 11.3 Å². The van der Waals surface area contributed by atoms with E-state index in [0.717, 1.165) is 15.9 Å². The van der Waals surface area contributed by atoms with Gasteiger partial charge in [0, 0.05) is 11.9 Å². The van der Waals surface area contributed by atoms with Crippen LogP contribution in [0.25, 0.3) is 22.5 Å². The molecule has 24 heavy (non-hydrogen) atoms. The average molecular weight is 338 g/mol. The highest BCUT2D eigenvalue weighted by molar-refractivity contribution is 8.00. The molecule has 0 atom stereocenters. The second-order valence-electron chi connectivity index (χ2n) is 4.89. The number of nitrogens with zero attached hydrogens (tertiary/aromatic N) is 3. The Labute approximate surface area is 142 Å². The molecule has 1 amide bonds. The molecular weight excluding hydrogens is 324 g/mol. The van der Waals surface area contributed by atoms with E-state index in [0.29, 0.717) is 24.6 Å². The third-order valence-corrected chi connectivity index (χ3v) is 4.20. The van der Waals surface area contributed by atoms with Crippen LogP contribution in [-0.4, -0.2) is 28.2 Å². The smallest absolute Gasteiger partial charge is 0.230 e. The lowest BCUT2D eigenvalue weighted by molar-refractivity contribution is -0.118. The van der Waals surface area contributed by atoms with E-state index in [1.54, 1.807) is 18.4 Å². The number of rotatable bonds is 6. The van der Waals surface area contributed by atoms with E-state index >= 15 is 0 Å². The Morgan fingerprint density at radius 1 is 1.25 bits per heavy atom. The van der Waals surface area contributed by atoms with E-state index < -0.39 is 0 Å². The fraction of sp³-hybridized carbons (Fsp3) is 0.176. The van der Waals surface area contributed by atoms with Crippen molar-refractivity contribution in [3.8, 4) is 17.7 Å². The van der Waals surface area contributed by atoms with Crippen LogP contribution < -0.4 is 5.32 Å². The summed E-state index contributed by atoms with van der Waals surface area (Å²) in [4.78, 5) is 20.9. The SMILES string of the molecule is N#CCCNC(=O)CSc1nc(-c2ccco2)nc2ccccc12. The van der Waals surface area contributed by atoms with Crippen LogP contribution in [0.15, 0.2) is 52.1 Å². The zero-order valence-electron chi connectivity index (χ0n) is 12.7. The number of hydrogen-bond acceptors (Lipinski definition) is 6. The highest BCUT2D eigenvalue weighted by Crippen LogP contribution is 2.28. The maximum atomic E-state index is 11.8. The number of thioether (sulfide) groups is 1. The Bertz CT molecular complexity index is 887. The van der Waals surface area contributed by atoms with E-state index in [2.05, 4.69) is 15.3 Å². The van der Waals surface area contributed by atoms with Gasteiger partial charge in [0.25, 0.3) is 0 Å². The molecule has 0 unspecified atom stereocenters. The molecule has 0 fully saturated rings. The van der Waals surface area contributed by atoms with Gasteiger partial charge in [-0.15, -0.1) is 0 Å². The van der Waals surface area contributed by atoms with E-state index in [1.165, 1.54) is 11.8 Å². The molecule has 3 aromatic rings. The number of benzene rings is 1. The summed E-state index contributed by atoms with van der Waals surface area (Å²) in [6, 6.07) is 13.2. The Balaban J connectivity index is 1.83. The van der Waals surface area contributed by atoms with Gasteiger partial charge < -0.3 is 9.73 Å². The van der Waals surface area contributed by atoms with Gasteiger partial charge in [-0.1, -0.05) is 30.0 Å². The summed E-state index contributed by atoms with van der Waals surface area (Å²) in [5.74, 6) is 1.17. The Hall–Kier alpha value is -2.85. The van der Waals surface area contributed by atoms with Gasteiger partial charge in [0.1, 0.15) is 5.03 Å². The van der Waals surface area contributed by atoms with Crippen molar-refractivity contribution in [2.75, 3.05) is 12.3 Å². The molecule has 0 bridgehead atoms.